The molecule has 0 aromatic heterocycles. The summed E-state index contributed by atoms with van der Waals surface area (Å²) in [5.41, 5.74) is 0. The first kappa shape index (κ1) is 14.2. The molecule has 1 rings (SSSR count). The molecule has 1 aromatic rings. The van der Waals surface area contributed by atoms with E-state index < -0.39 is 7.60 Å². The van der Waals surface area contributed by atoms with Crippen molar-refractivity contribution in [2.24, 2.45) is 0 Å². The van der Waals surface area contributed by atoms with Gasteiger partial charge in [0.2, 0.25) is 0 Å². The molecule has 0 bridgehead atoms. The highest BCUT2D eigenvalue weighted by Crippen LogP contribution is 2.24. The molecule has 0 fully saturated rings. The zero-order valence-corrected chi connectivity index (χ0v) is 10.6. The largest absolute Gasteiger partial charge is 0.811 e. The smallest absolute Gasteiger partial charge is 0.119 e. The zero-order valence-electron chi connectivity index (χ0n) is 9.71. The Kier molecular flexibility index (Phi) is 6.27. The van der Waals surface area contributed by atoms with Crippen LogP contribution < -0.4 is 14.5 Å². The number of unbranched alkanes of at least 4 members (excludes halogenated alkanes) is 3. The first-order valence-electron chi connectivity index (χ1n) is 5.77. The van der Waals surface area contributed by atoms with Crippen LogP contribution in [0.2, 0.25) is 0 Å². The van der Waals surface area contributed by atoms with Gasteiger partial charge < -0.3 is 19.1 Å². The Labute approximate surface area is 102 Å². The maximum Gasteiger partial charge on any atom is 0.119 e. The maximum atomic E-state index is 10.4. The van der Waals surface area contributed by atoms with Crippen molar-refractivity contribution in [2.45, 2.75) is 25.7 Å². The SMILES string of the molecule is O=P([O-])([O-])CCCCCCOc1ccccc1. The highest BCUT2D eigenvalue weighted by atomic mass is 31.2. The van der Waals surface area contributed by atoms with Crippen LogP contribution in [-0.2, 0) is 4.57 Å². The second-order valence-corrected chi connectivity index (χ2v) is 5.58. The minimum absolute atomic E-state index is 0.230. The average molecular weight is 256 g/mol. The fourth-order valence-corrected chi connectivity index (χ4v) is 2.08. The molecule has 1 aromatic carbocycles. The summed E-state index contributed by atoms with van der Waals surface area (Å²) in [7, 11) is -4.30. The van der Waals surface area contributed by atoms with E-state index in [4.69, 9.17) is 4.74 Å². The van der Waals surface area contributed by atoms with Gasteiger partial charge in [-0.2, -0.15) is 0 Å². The molecule has 0 radical (unpaired) electrons. The summed E-state index contributed by atoms with van der Waals surface area (Å²) >= 11 is 0. The van der Waals surface area contributed by atoms with Gasteiger partial charge in [0.05, 0.1) is 6.61 Å². The summed E-state index contributed by atoms with van der Waals surface area (Å²) in [5.74, 6) is 0.844. The number of ether oxygens (including phenoxy) is 1. The van der Waals surface area contributed by atoms with E-state index >= 15 is 0 Å². The quantitative estimate of drug-likeness (QED) is 0.522. The second kappa shape index (κ2) is 7.49. The van der Waals surface area contributed by atoms with E-state index in [9.17, 15) is 14.4 Å². The van der Waals surface area contributed by atoms with Gasteiger partial charge >= 0.3 is 0 Å². The van der Waals surface area contributed by atoms with Crippen molar-refractivity contribution < 1.29 is 19.1 Å². The van der Waals surface area contributed by atoms with Crippen molar-refractivity contribution >= 4 is 7.60 Å². The van der Waals surface area contributed by atoms with Gasteiger partial charge in [-0.3, -0.25) is 0 Å². The predicted octanol–water partition coefficient (Wildman–Crippen LogP) is 1.54. The summed E-state index contributed by atoms with van der Waals surface area (Å²) in [6, 6.07) is 9.54. The fraction of sp³-hybridized carbons (Fsp3) is 0.500. The first-order valence-corrected chi connectivity index (χ1v) is 7.50. The minimum Gasteiger partial charge on any atom is -0.811 e. The number of para-hydroxylation sites is 1. The molecule has 0 saturated carbocycles. The normalized spacial score (nSPS) is 11.4. The van der Waals surface area contributed by atoms with Crippen LogP contribution in [0.5, 0.6) is 5.75 Å². The van der Waals surface area contributed by atoms with Crippen LogP contribution in [0.3, 0.4) is 0 Å². The molecule has 0 unspecified atom stereocenters. The highest BCUT2D eigenvalue weighted by molar-refractivity contribution is 7.48. The molecule has 0 heterocycles. The Balaban J connectivity index is 1.97. The third-order valence-corrected chi connectivity index (χ3v) is 3.20. The zero-order chi connectivity index (χ0) is 12.6. The monoisotopic (exact) mass is 256 g/mol. The third kappa shape index (κ3) is 7.97. The van der Waals surface area contributed by atoms with Crippen LogP contribution in [-0.4, -0.2) is 12.8 Å². The molecule has 0 aliphatic rings. The second-order valence-electron chi connectivity index (χ2n) is 3.91. The standard InChI is InChI=1S/C12H19O4P/c13-17(14,15)11-7-2-1-6-10-16-12-8-4-3-5-9-12/h3-5,8-9H,1-2,6-7,10-11H2,(H2,13,14,15)/p-2. The number of rotatable bonds is 8. The van der Waals surface area contributed by atoms with E-state index in [1.165, 1.54) is 0 Å². The van der Waals surface area contributed by atoms with Crippen molar-refractivity contribution in [3.8, 4) is 5.75 Å². The first-order chi connectivity index (χ1) is 8.08. The maximum absolute atomic E-state index is 10.4. The Bertz CT molecular complexity index is 347. The summed E-state index contributed by atoms with van der Waals surface area (Å²) in [6.45, 7) is 0.621. The van der Waals surface area contributed by atoms with Gasteiger partial charge in [-0.1, -0.05) is 38.6 Å². The highest BCUT2D eigenvalue weighted by Gasteiger charge is 1.95. The molecule has 96 valence electrons. The Morgan fingerprint density at radius 2 is 1.65 bits per heavy atom. The van der Waals surface area contributed by atoms with E-state index in [0.717, 1.165) is 25.0 Å². The average Bonchev–Trinajstić information content (AvgIpc) is 2.28. The number of benzene rings is 1. The van der Waals surface area contributed by atoms with E-state index in [1.807, 2.05) is 30.3 Å². The van der Waals surface area contributed by atoms with E-state index in [-0.39, 0.29) is 6.16 Å². The van der Waals surface area contributed by atoms with Gasteiger partial charge in [0.25, 0.3) is 0 Å². The summed E-state index contributed by atoms with van der Waals surface area (Å²) in [6.07, 6.45) is 2.73. The van der Waals surface area contributed by atoms with E-state index in [1.54, 1.807) is 0 Å². The van der Waals surface area contributed by atoms with Crippen molar-refractivity contribution in [1.29, 1.82) is 0 Å². The molecule has 0 aliphatic heterocycles. The lowest BCUT2D eigenvalue weighted by molar-refractivity contribution is -0.313. The lowest BCUT2D eigenvalue weighted by atomic mass is 10.2. The number of hydrogen-bond donors (Lipinski definition) is 0. The Morgan fingerprint density at radius 3 is 2.29 bits per heavy atom. The fourth-order valence-electron chi connectivity index (χ4n) is 1.47. The van der Waals surface area contributed by atoms with Crippen LogP contribution in [0.25, 0.3) is 0 Å². The molecule has 0 saturated heterocycles. The molecule has 5 heteroatoms. The topological polar surface area (TPSA) is 72.4 Å². The summed E-state index contributed by atoms with van der Waals surface area (Å²) in [5, 5.41) is 0. The van der Waals surface area contributed by atoms with Gasteiger partial charge in [0.15, 0.2) is 0 Å². The van der Waals surface area contributed by atoms with Crippen LogP contribution in [0.1, 0.15) is 25.7 Å². The molecule has 0 spiro atoms. The van der Waals surface area contributed by atoms with E-state index in [2.05, 4.69) is 0 Å². The summed E-state index contributed by atoms with van der Waals surface area (Å²) in [4.78, 5) is 20.7. The molecular weight excluding hydrogens is 239 g/mol. The summed E-state index contributed by atoms with van der Waals surface area (Å²) < 4.78 is 15.8. The van der Waals surface area contributed by atoms with Gasteiger partial charge in [0.1, 0.15) is 5.75 Å². The van der Waals surface area contributed by atoms with Crippen molar-refractivity contribution in [3.05, 3.63) is 30.3 Å². The van der Waals surface area contributed by atoms with E-state index in [0.29, 0.717) is 13.0 Å². The van der Waals surface area contributed by atoms with Gasteiger partial charge in [-0.05, 0) is 31.1 Å². The van der Waals surface area contributed by atoms with Crippen LogP contribution in [0.15, 0.2) is 30.3 Å². The van der Waals surface area contributed by atoms with Crippen molar-refractivity contribution in [1.82, 2.24) is 0 Å². The van der Waals surface area contributed by atoms with Crippen LogP contribution in [0.4, 0.5) is 0 Å². The molecule has 0 amide bonds. The molecule has 0 aliphatic carbocycles. The molecule has 17 heavy (non-hydrogen) atoms. The predicted molar refractivity (Wildman–Crippen MR) is 62.9 cm³/mol. The third-order valence-electron chi connectivity index (χ3n) is 2.34. The molecular formula is C12H17O4P-2. The lowest BCUT2D eigenvalue weighted by Crippen LogP contribution is -2.16. The van der Waals surface area contributed by atoms with Crippen molar-refractivity contribution in [2.75, 3.05) is 12.8 Å². The Hall–Kier alpha value is -0.830. The van der Waals surface area contributed by atoms with Crippen LogP contribution >= 0.6 is 7.60 Å². The molecule has 4 nitrogen and oxygen atoms in total. The molecule has 0 N–H and O–H groups in total. The minimum atomic E-state index is -4.30. The van der Waals surface area contributed by atoms with Crippen LogP contribution in [0, 0.1) is 0 Å². The number of hydrogen-bond acceptors (Lipinski definition) is 4. The Morgan fingerprint density at radius 1 is 1.00 bits per heavy atom. The van der Waals surface area contributed by atoms with Gasteiger partial charge in [-0.25, -0.2) is 0 Å². The lowest BCUT2D eigenvalue weighted by Gasteiger charge is -2.29. The van der Waals surface area contributed by atoms with Gasteiger partial charge in [0, 0.05) is 0 Å². The van der Waals surface area contributed by atoms with Gasteiger partial charge in [-0.15, -0.1) is 0 Å². The molecule has 0 atom stereocenters. The van der Waals surface area contributed by atoms with Crippen molar-refractivity contribution in [3.63, 3.8) is 0 Å².